The molecule has 0 atom stereocenters. The van der Waals surface area contributed by atoms with Crippen LogP contribution in [0.25, 0.3) is 17.4 Å². The van der Waals surface area contributed by atoms with Crippen LogP contribution in [0, 0.1) is 0 Å². The molecule has 1 aliphatic heterocycles. The minimum Gasteiger partial charge on any atom is -0.545 e. The highest BCUT2D eigenvalue weighted by Gasteiger charge is 2.24. The van der Waals surface area contributed by atoms with Crippen LogP contribution in [0.4, 0.5) is 5.69 Å². The fourth-order valence-electron chi connectivity index (χ4n) is 2.60. The van der Waals surface area contributed by atoms with E-state index >= 15 is 0 Å². The average molecular weight is 468 g/mol. The SMILES string of the molecule is O=C1NC(=Nc2ccc(C(=O)[O-])cc2)S/C1=C/c1ccc(-c2ccc(Br)cc2)o1. The second kappa shape index (κ2) is 8.10. The topological polar surface area (TPSA) is 94.7 Å². The molecule has 2 heterocycles. The maximum absolute atomic E-state index is 12.2. The molecule has 29 heavy (non-hydrogen) atoms. The van der Waals surface area contributed by atoms with Gasteiger partial charge >= 0.3 is 0 Å². The minimum absolute atomic E-state index is 0.0667. The van der Waals surface area contributed by atoms with Gasteiger partial charge in [0.25, 0.3) is 5.91 Å². The first-order valence-electron chi connectivity index (χ1n) is 8.45. The zero-order valence-corrected chi connectivity index (χ0v) is 17.1. The third-order valence-corrected chi connectivity index (χ3v) is 5.45. The first-order chi connectivity index (χ1) is 14.0. The standard InChI is InChI=1S/C21H13BrN2O4S/c22-14-5-1-12(2-6-14)17-10-9-16(28-17)11-18-19(25)24-21(29-18)23-15-7-3-13(4-8-15)20(26)27/h1-11H,(H,26,27)(H,23,24,25)/p-1/b18-11+. The van der Waals surface area contributed by atoms with Gasteiger partial charge in [-0.1, -0.05) is 40.2 Å². The summed E-state index contributed by atoms with van der Waals surface area (Å²) >= 11 is 4.58. The number of carboxylic acid groups (broad SMARTS) is 1. The monoisotopic (exact) mass is 467 g/mol. The molecule has 1 amide bonds. The van der Waals surface area contributed by atoms with Crippen molar-refractivity contribution in [2.75, 3.05) is 0 Å². The number of furan rings is 1. The van der Waals surface area contributed by atoms with Crippen LogP contribution in [0.5, 0.6) is 0 Å². The third kappa shape index (κ3) is 4.49. The van der Waals surface area contributed by atoms with Crippen molar-refractivity contribution in [1.82, 2.24) is 5.32 Å². The number of aliphatic imine (C=N–C) groups is 1. The van der Waals surface area contributed by atoms with Gasteiger partial charge in [0.05, 0.1) is 16.6 Å². The maximum atomic E-state index is 12.2. The Kier molecular flexibility index (Phi) is 5.37. The number of aromatic carboxylic acids is 1. The average Bonchev–Trinajstić information content (AvgIpc) is 3.30. The Labute approximate surface area is 178 Å². The van der Waals surface area contributed by atoms with E-state index in [-0.39, 0.29) is 11.5 Å². The van der Waals surface area contributed by atoms with E-state index in [1.165, 1.54) is 23.9 Å². The largest absolute Gasteiger partial charge is 0.545 e. The van der Waals surface area contributed by atoms with Crippen molar-refractivity contribution in [2.45, 2.75) is 0 Å². The predicted octanol–water partition coefficient (Wildman–Crippen LogP) is 3.96. The van der Waals surface area contributed by atoms with E-state index in [2.05, 4.69) is 26.2 Å². The molecule has 0 radical (unpaired) electrons. The van der Waals surface area contributed by atoms with E-state index in [9.17, 15) is 14.7 Å². The molecule has 1 fully saturated rings. The number of carbonyl (C=O) groups excluding carboxylic acids is 2. The summed E-state index contributed by atoms with van der Waals surface area (Å²) < 4.78 is 6.80. The van der Waals surface area contributed by atoms with Crippen LogP contribution >= 0.6 is 27.7 Å². The fraction of sp³-hybridized carbons (Fsp3) is 0. The smallest absolute Gasteiger partial charge is 0.264 e. The Morgan fingerprint density at radius 1 is 1.07 bits per heavy atom. The maximum Gasteiger partial charge on any atom is 0.264 e. The van der Waals surface area contributed by atoms with Crippen molar-refractivity contribution in [3.8, 4) is 11.3 Å². The molecule has 0 aliphatic carbocycles. The number of hydrogen-bond acceptors (Lipinski definition) is 6. The number of carboxylic acids is 1. The van der Waals surface area contributed by atoms with Crippen molar-refractivity contribution in [1.29, 1.82) is 0 Å². The number of benzene rings is 2. The molecule has 1 aliphatic rings. The number of rotatable bonds is 4. The van der Waals surface area contributed by atoms with Crippen molar-refractivity contribution >= 4 is 56.5 Å². The zero-order valence-electron chi connectivity index (χ0n) is 14.7. The van der Waals surface area contributed by atoms with E-state index in [0.717, 1.165) is 10.0 Å². The molecule has 6 nitrogen and oxygen atoms in total. The molecular formula is C21H12BrN2O4S-. The normalized spacial score (nSPS) is 16.4. The molecule has 0 bridgehead atoms. The van der Waals surface area contributed by atoms with Gasteiger partial charge < -0.3 is 19.6 Å². The molecule has 0 unspecified atom stereocenters. The van der Waals surface area contributed by atoms with Crippen molar-refractivity contribution < 1.29 is 19.1 Å². The zero-order chi connectivity index (χ0) is 20.4. The van der Waals surface area contributed by atoms with Gasteiger partial charge in [0.2, 0.25) is 0 Å². The summed E-state index contributed by atoms with van der Waals surface area (Å²) in [6, 6.07) is 17.3. The molecule has 2 aromatic carbocycles. The van der Waals surface area contributed by atoms with Crippen LogP contribution in [0.2, 0.25) is 0 Å². The van der Waals surface area contributed by atoms with E-state index in [1.807, 2.05) is 30.3 Å². The number of amides is 1. The highest BCUT2D eigenvalue weighted by molar-refractivity contribution is 9.10. The fourth-order valence-corrected chi connectivity index (χ4v) is 3.68. The minimum atomic E-state index is -1.25. The molecule has 1 aromatic heterocycles. The van der Waals surface area contributed by atoms with Crippen molar-refractivity contribution in [3.05, 3.63) is 81.4 Å². The van der Waals surface area contributed by atoms with Crippen molar-refractivity contribution in [3.63, 3.8) is 0 Å². The number of hydrogen-bond donors (Lipinski definition) is 1. The molecule has 3 aromatic rings. The lowest BCUT2D eigenvalue weighted by atomic mass is 10.2. The van der Waals surface area contributed by atoms with Gasteiger partial charge in [0.15, 0.2) is 5.17 Å². The number of carbonyl (C=O) groups is 2. The number of thioether (sulfide) groups is 1. The third-order valence-electron chi connectivity index (χ3n) is 4.01. The van der Waals surface area contributed by atoms with Gasteiger partial charge in [0.1, 0.15) is 11.5 Å². The van der Waals surface area contributed by atoms with Gasteiger partial charge in [-0.25, -0.2) is 4.99 Å². The van der Waals surface area contributed by atoms with Crippen LogP contribution in [0.3, 0.4) is 0 Å². The van der Waals surface area contributed by atoms with Gasteiger partial charge in [-0.15, -0.1) is 0 Å². The highest BCUT2D eigenvalue weighted by atomic mass is 79.9. The number of nitrogens with zero attached hydrogens (tertiary/aromatic N) is 1. The molecule has 144 valence electrons. The summed E-state index contributed by atoms with van der Waals surface area (Å²) in [4.78, 5) is 27.8. The second-order valence-corrected chi connectivity index (χ2v) is 7.97. The predicted molar refractivity (Wildman–Crippen MR) is 113 cm³/mol. The summed E-state index contributed by atoms with van der Waals surface area (Å²) in [6.45, 7) is 0. The van der Waals surface area contributed by atoms with Gasteiger partial charge in [-0.3, -0.25) is 4.79 Å². The lowest BCUT2D eigenvalue weighted by Gasteiger charge is -2.02. The second-order valence-electron chi connectivity index (χ2n) is 6.02. The number of amidine groups is 1. The van der Waals surface area contributed by atoms with Crippen molar-refractivity contribution in [2.24, 2.45) is 4.99 Å². The summed E-state index contributed by atoms with van der Waals surface area (Å²) in [5, 5.41) is 13.9. The quantitative estimate of drug-likeness (QED) is 0.585. The van der Waals surface area contributed by atoms with Gasteiger partial charge in [-0.2, -0.15) is 0 Å². The summed E-state index contributed by atoms with van der Waals surface area (Å²) in [7, 11) is 0. The lowest BCUT2D eigenvalue weighted by Crippen LogP contribution is -2.21. The summed E-state index contributed by atoms with van der Waals surface area (Å²) in [5.41, 5.74) is 1.52. The first-order valence-corrected chi connectivity index (χ1v) is 10.1. The summed E-state index contributed by atoms with van der Waals surface area (Å²) in [5.74, 6) is -0.268. The van der Waals surface area contributed by atoms with Crippen LogP contribution < -0.4 is 10.4 Å². The van der Waals surface area contributed by atoms with E-state index < -0.39 is 5.97 Å². The number of nitrogens with one attached hydrogen (secondary N) is 1. The van der Waals surface area contributed by atoms with E-state index in [1.54, 1.807) is 24.3 Å². The first kappa shape index (κ1) is 19.2. The van der Waals surface area contributed by atoms with E-state index in [0.29, 0.717) is 27.3 Å². The molecule has 0 saturated carbocycles. The number of halogens is 1. The molecule has 1 saturated heterocycles. The Hall–Kier alpha value is -3.10. The molecule has 0 spiro atoms. The lowest BCUT2D eigenvalue weighted by molar-refractivity contribution is -0.255. The molecular weight excluding hydrogens is 456 g/mol. The Bertz CT molecular complexity index is 1150. The Morgan fingerprint density at radius 3 is 2.48 bits per heavy atom. The van der Waals surface area contributed by atoms with Crippen LogP contribution in [0.15, 0.2) is 79.5 Å². The highest BCUT2D eigenvalue weighted by Crippen LogP contribution is 2.30. The Balaban J connectivity index is 1.51. The Morgan fingerprint density at radius 2 is 1.79 bits per heavy atom. The van der Waals surface area contributed by atoms with Gasteiger partial charge in [-0.05, 0) is 53.7 Å². The molecule has 1 N–H and O–H groups in total. The van der Waals surface area contributed by atoms with Gasteiger partial charge in [0, 0.05) is 16.1 Å². The molecule has 4 rings (SSSR count). The van der Waals surface area contributed by atoms with Crippen LogP contribution in [-0.4, -0.2) is 17.0 Å². The van der Waals surface area contributed by atoms with Crippen LogP contribution in [0.1, 0.15) is 16.1 Å². The summed E-state index contributed by atoms with van der Waals surface area (Å²) in [6.07, 6.45) is 1.66. The van der Waals surface area contributed by atoms with Crippen LogP contribution in [-0.2, 0) is 4.79 Å². The van der Waals surface area contributed by atoms with E-state index in [4.69, 9.17) is 4.42 Å². The molecule has 8 heteroatoms.